The Morgan fingerprint density at radius 3 is 2.88 bits per heavy atom. The Labute approximate surface area is 141 Å². The summed E-state index contributed by atoms with van der Waals surface area (Å²) >= 11 is 0. The molecule has 0 N–H and O–H groups in total. The van der Waals surface area contributed by atoms with Crippen molar-refractivity contribution in [2.45, 2.75) is 25.7 Å². The van der Waals surface area contributed by atoms with Gasteiger partial charge in [0.1, 0.15) is 5.83 Å². The summed E-state index contributed by atoms with van der Waals surface area (Å²) in [5.41, 5.74) is 4.01. The van der Waals surface area contributed by atoms with Gasteiger partial charge in [-0.05, 0) is 57.5 Å². The number of halogens is 1. The Bertz CT molecular complexity index is 779. The van der Waals surface area contributed by atoms with E-state index in [0.29, 0.717) is 17.9 Å². The van der Waals surface area contributed by atoms with Gasteiger partial charge in [-0.25, -0.2) is 9.37 Å². The molecule has 5 heteroatoms. The van der Waals surface area contributed by atoms with Crippen molar-refractivity contribution >= 4 is 5.83 Å². The van der Waals surface area contributed by atoms with Gasteiger partial charge in [0.2, 0.25) is 0 Å². The van der Waals surface area contributed by atoms with Crippen LogP contribution in [0.2, 0.25) is 0 Å². The lowest BCUT2D eigenvalue weighted by molar-refractivity contribution is 0.218. The molecule has 0 saturated carbocycles. The van der Waals surface area contributed by atoms with Gasteiger partial charge >= 0.3 is 0 Å². The van der Waals surface area contributed by atoms with Crippen LogP contribution in [0.3, 0.4) is 0 Å². The first-order chi connectivity index (χ1) is 11.7. The number of hydrogen-bond acceptors (Lipinski definition) is 4. The van der Waals surface area contributed by atoms with Crippen LogP contribution in [0.4, 0.5) is 4.39 Å². The monoisotopic (exact) mass is 324 g/mol. The lowest BCUT2D eigenvalue weighted by atomic mass is 9.92. The van der Waals surface area contributed by atoms with Gasteiger partial charge in [0, 0.05) is 29.9 Å². The van der Waals surface area contributed by atoms with Crippen LogP contribution in [0.15, 0.2) is 30.7 Å². The molecule has 0 radical (unpaired) electrons. The van der Waals surface area contributed by atoms with Crippen LogP contribution in [0, 0.1) is 5.92 Å². The molecular formula is C19H21FN4. The summed E-state index contributed by atoms with van der Waals surface area (Å²) < 4.78 is 13.8. The molecule has 124 valence electrons. The molecule has 0 bridgehead atoms. The SMILES string of the molecule is CN1CCC(Cc2cncc(-c3cnc4c(c3)C(F)=CC4)n2)CC1. The average Bonchev–Trinajstić information content (AvgIpc) is 2.98. The summed E-state index contributed by atoms with van der Waals surface area (Å²) in [4.78, 5) is 15.8. The fourth-order valence-electron chi connectivity index (χ4n) is 3.50. The first-order valence-electron chi connectivity index (χ1n) is 8.54. The van der Waals surface area contributed by atoms with Gasteiger partial charge in [0.05, 0.1) is 23.3 Å². The molecule has 1 aliphatic heterocycles. The van der Waals surface area contributed by atoms with Crippen molar-refractivity contribution in [1.29, 1.82) is 0 Å². The second-order valence-corrected chi connectivity index (χ2v) is 6.82. The predicted octanol–water partition coefficient (Wildman–Crippen LogP) is 3.29. The normalized spacial score (nSPS) is 18.5. The van der Waals surface area contributed by atoms with Crippen LogP contribution in [-0.2, 0) is 12.8 Å². The van der Waals surface area contributed by atoms with Crippen LogP contribution in [-0.4, -0.2) is 40.0 Å². The molecule has 24 heavy (non-hydrogen) atoms. The van der Waals surface area contributed by atoms with Crippen LogP contribution in [0.1, 0.15) is 29.8 Å². The molecule has 0 amide bonds. The molecular weight excluding hydrogens is 303 g/mol. The highest BCUT2D eigenvalue weighted by Crippen LogP contribution is 2.30. The first kappa shape index (κ1) is 15.4. The Balaban J connectivity index is 1.55. The fourth-order valence-corrected chi connectivity index (χ4v) is 3.50. The van der Waals surface area contributed by atoms with E-state index in [2.05, 4.69) is 21.9 Å². The van der Waals surface area contributed by atoms with E-state index in [1.165, 1.54) is 12.8 Å². The Morgan fingerprint density at radius 2 is 2.04 bits per heavy atom. The number of hydrogen-bond donors (Lipinski definition) is 0. The largest absolute Gasteiger partial charge is 0.306 e. The first-order valence-corrected chi connectivity index (χ1v) is 8.54. The molecule has 1 fully saturated rings. The second kappa shape index (κ2) is 6.40. The lowest BCUT2D eigenvalue weighted by Gasteiger charge is -2.28. The number of rotatable bonds is 3. The van der Waals surface area contributed by atoms with Crippen LogP contribution >= 0.6 is 0 Å². The number of likely N-dealkylation sites (tertiary alicyclic amines) is 1. The summed E-state index contributed by atoms with van der Waals surface area (Å²) in [7, 11) is 2.17. The number of nitrogens with zero attached hydrogens (tertiary/aromatic N) is 4. The Kier molecular flexibility index (Phi) is 4.10. The van der Waals surface area contributed by atoms with Gasteiger partial charge in [0.25, 0.3) is 0 Å². The third-order valence-electron chi connectivity index (χ3n) is 5.02. The zero-order valence-electron chi connectivity index (χ0n) is 13.9. The molecule has 0 aromatic carbocycles. The molecule has 3 heterocycles. The maximum atomic E-state index is 13.8. The van der Waals surface area contributed by atoms with Crippen molar-refractivity contribution < 1.29 is 4.39 Å². The highest BCUT2D eigenvalue weighted by Gasteiger charge is 2.19. The van der Waals surface area contributed by atoms with E-state index < -0.39 is 0 Å². The van der Waals surface area contributed by atoms with E-state index in [0.717, 1.165) is 42.2 Å². The van der Waals surface area contributed by atoms with Gasteiger partial charge in [-0.15, -0.1) is 0 Å². The van der Waals surface area contributed by atoms with Gasteiger partial charge in [0.15, 0.2) is 0 Å². The number of aromatic nitrogens is 3. The molecule has 0 atom stereocenters. The quantitative estimate of drug-likeness (QED) is 0.869. The molecule has 4 rings (SSSR count). The summed E-state index contributed by atoms with van der Waals surface area (Å²) in [6.07, 6.45) is 10.9. The van der Waals surface area contributed by atoms with Crippen molar-refractivity contribution in [3.8, 4) is 11.3 Å². The third kappa shape index (κ3) is 3.08. The minimum Gasteiger partial charge on any atom is -0.306 e. The smallest absolute Gasteiger partial charge is 0.128 e. The topological polar surface area (TPSA) is 41.9 Å². The molecule has 1 saturated heterocycles. The minimum absolute atomic E-state index is 0.185. The number of pyridine rings is 1. The number of fused-ring (bicyclic) bond motifs is 1. The zero-order valence-corrected chi connectivity index (χ0v) is 13.9. The summed E-state index contributed by atoms with van der Waals surface area (Å²) in [5, 5.41) is 0. The Hall–Kier alpha value is -2.14. The number of allylic oxidation sites excluding steroid dienone is 1. The maximum absolute atomic E-state index is 13.8. The molecule has 4 nitrogen and oxygen atoms in total. The summed E-state index contributed by atoms with van der Waals surface area (Å²) in [6.45, 7) is 2.30. The Morgan fingerprint density at radius 1 is 1.21 bits per heavy atom. The van der Waals surface area contributed by atoms with E-state index in [4.69, 9.17) is 4.98 Å². The van der Waals surface area contributed by atoms with Crippen molar-refractivity contribution in [2.24, 2.45) is 5.92 Å². The molecule has 0 spiro atoms. The van der Waals surface area contributed by atoms with E-state index in [1.54, 1.807) is 18.5 Å². The van der Waals surface area contributed by atoms with E-state index in [-0.39, 0.29) is 5.83 Å². The van der Waals surface area contributed by atoms with E-state index >= 15 is 0 Å². The maximum Gasteiger partial charge on any atom is 0.128 e. The molecule has 2 aliphatic rings. The van der Waals surface area contributed by atoms with Crippen molar-refractivity contribution in [3.05, 3.63) is 47.7 Å². The van der Waals surface area contributed by atoms with Gasteiger partial charge in [-0.2, -0.15) is 0 Å². The minimum atomic E-state index is -0.185. The second-order valence-electron chi connectivity index (χ2n) is 6.82. The highest BCUT2D eigenvalue weighted by atomic mass is 19.1. The van der Waals surface area contributed by atoms with Gasteiger partial charge < -0.3 is 4.90 Å². The van der Waals surface area contributed by atoms with Crippen LogP contribution in [0.25, 0.3) is 17.1 Å². The van der Waals surface area contributed by atoms with Gasteiger partial charge in [-0.3, -0.25) is 9.97 Å². The molecule has 2 aromatic heterocycles. The summed E-state index contributed by atoms with van der Waals surface area (Å²) in [6, 6.07) is 1.84. The summed E-state index contributed by atoms with van der Waals surface area (Å²) in [5.74, 6) is 0.485. The van der Waals surface area contributed by atoms with E-state index in [9.17, 15) is 4.39 Å². The highest BCUT2D eigenvalue weighted by molar-refractivity contribution is 5.71. The molecule has 2 aromatic rings. The number of piperidine rings is 1. The third-order valence-corrected chi connectivity index (χ3v) is 5.02. The zero-order chi connectivity index (χ0) is 16.5. The standard InChI is InChI=1S/C19H21FN4/c1-24-6-4-13(5-7-24)8-15-11-21-12-19(23-15)14-9-16-17(20)2-3-18(16)22-10-14/h2,9-13H,3-8H2,1H3. The van der Waals surface area contributed by atoms with Gasteiger partial charge in [-0.1, -0.05) is 0 Å². The van der Waals surface area contributed by atoms with Crippen LogP contribution < -0.4 is 0 Å². The molecule has 1 aliphatic carbocycles. The van der Waals surface area contributed by atoms with E-state index in [1.807, 2.05) is 12.3 Å². The van der Waals surface area contributed by atoms with Crippen molar-refractivity contribution in [3.63, 3.8) is 0 Å². The lowest BCUT2D eigenvalue weighted by Crippen LogP contribution is -2.31. The van der Waals surface area contributed by atoms with Crippen LogP contribution in [0.5, 0.6) is 0 Å². The predicted molar refractivity (Wildman–Crippen MR) is 92.0 cm³/mol. The fraction of sp³-hybridized carbons (Fsp3) is 0.421. The molecule has 0 unspecified atom stereocenters. The van der Waals surface area contributed by atoms with Crippen molar-refractivity contribution in [1.82, 2.24) is 19.9 Å². The average molecular weight is 324 g/mol. The van der Waals surface area contributed by atoms with Crippen molar-refractivity contribution in [2.75, 3.05) is 20.1 Å².